The number of ether oxygens (including phenoxy) is 1. The first-order chi connectivity index (χ1) is 14.3. The maximum absolute atomic E-state index is 12.8. The molecule has 8 heteroatoms. The molecule has 2 amide bonds. The monoisotopic (exact) mass is 419 g/mol. The number of hydrogen-bond acceptors (Lipinski definition) is 5. The Morgan fingerprint density at radius 2 is 1.90 bits per heavy atom. The molecule has 0 radical (unpaired) electrons. The van der Waals surface area contributed by atoms with Gasteiger partial charge in [0.2, 0.25) is 11.8 Å². The summed E-state index contributed by atoms with van der Waals surface area (Å²) in [5.41, 5.74) is 1.94. The highest BCUT2D eigenvalue weighted by Crippen LogP contribution is 2.23. The van der Waals surface area contributed by atoms with Gasteiger partial charge >= 0.3 is 0 Å². The van der Waals surface area contributed by atoms with E-state index < -0.39 is 0 Å². The highest BCUT2D eigenvalue weighted by molar-refractivity contribution is 5.75. The number of nitrogens with zero attached hydrogens (tertiary/aromatic N) is 5. The maximum Gasteiger partial charge on any atom is 0.244 e. The molecule has 2 aliphatic rings. The molecule has 8 nitrogen and oxygen atoms in total. The minimum atomic E-state index is 0.0714. The van der Waals surface area contributed by atoms with E-state index in [1.807, 2.05) is 36.8 Å². The number of carbonyl (C=O) groups is 2. The SMILES string of the molecule is CC(=O)N1CCCC(N(CCN(C)C(=O)Cn2nc(C)cc2C)C2CCOCC2)C1. The second-order valence-electron chi connectivity index (χ2n) is 8.74. The number of hydrogen-bond donors (Lipinski definition) is 0. The fraction of sp³-hybridized carbons (Fsp3) is 0.773. The minimum absolute atomic E-state index is 0.0714. The molecule has 2 fully saturated rings. The van der Waals surface area contributed by atoms with Crippen molar-refractivity contribution in [2.75, 3.05) is 46.4 Å². The van der Waals surface area contributed by atoms with Gasteiger partial charge in [-0.15, -0.1) is 0 Å². The van der Waals surface area contributed by atoms with Crippen LogP contribution in [0.1, 0.15) is 44.0 Å². The van der Waals surface area contributed by atoms with E-state index in [-0.39, 0.29) is 18.4 Å². The van der Waals surface area contributed by atoms with Crippen molar-refractivity contribution in [1.82, 2.24) is 24.5 Å². The molecule has 0 spiro atoms. The van der Waals surface area contributed by atoms with Crippen LogP contribution in [0.3, 0.4) is 0 Å². The van der Waals surface area contributed by atoms with Crippen molar-refractivity contribution in [1.29, 1.82) is 0 Å². The quantitative estimate of drug-likeness (QED) is 0.669. The molecule has 1 atom stereocenters. The summed E-state index contributed by atoms with van der Waals surface area (Å²) in [6.07, 6.45) is 4.17. The van der Waals surface area contributed by atoms with Crippen LogP contribution >= 0.6 is 0 Å². The third-order valence-electron chi connectivity index (χ3n) is 6.48. The summed E-state index contributed by atoms with van der Waals surface area (Å²) < 4.78 is 7.35. The third-order valence-corrected chi connectivity index (χ3v) is 6.48. The molecular weight excluding hydrogens is 382 g/mol. The van der Waals surface area contributed by atoms with Gasteiger partial charge in [-0.05, 0) is 45.6 Å². The number of piperidine rings is 1. The molecule has 0 N–H and O–H groups in total. The molecule has 0 aliphatic carbocycles. The number of amides is 2. The first-order valence-corrected chi connectivity index (χ1v) is 11.2. The number of likely N-dealkylation sites (tertiary alicyclic amines) is 1. The van der Waals surface area contributed by atoms with Crippen LogP contribution in [0.2, 0.25) is 0 Å². The number of likely N-dealkylation sites (N-methyl/N-ethyl adjacent to an activating group) is 1. The second-order valence-corrected chi connectivity index (χ2v) is 8.74. The Morgan fingerprint density at radius 1 is 1.17 bits per heavy atom. The summed E-state index contributed by atoms with van der Waals surface area (Å²) in [6.45, 7) is 10.6. The van der Waals surface area contributed by atoms with Crippen molar-refractivity contribution in [3.8, 4) is 0 Å². The zero-order valence-corrected chi connectivity index (χ0v) is 19.0. The summed E-state index contributed by atoms with van der Waals surface area (Å²) in [4.78, 5) is 31.0. The van der Waals surface area contributed by atoms with Crippen LogP contribution in [0, 0.1) is 13.8 Å². The van der Waals surface area contributed by atoms with E-state index in [0.29, 0.717) is 18.6 Å². The second kappa shape index (κ2) is 10.4. The first kappa shape index (κ1) is 22.7. The molecule has 30 heavy (non-hydrogen) atoms. The average Bonchev–Trinajstić information content (AvgIpc) is 3.05. The van der Waals surface area contributed by atoms with Crippen molar-refractivity contribution in [2.45, 2.75) is 65.1 Å². The van der Waals surface area contributed by atoms with E-state index in [1.165, 1.54) is 0 Å². The summed E-state index contributed by atoms with van der Waals surface area (Å²) in [5.74, 6) is 0.228. The Hall–Kier alpha value is -1.93. The Balaban J connectivity index is 1.61. The van der Waals surface area contributed by atoms with Gasteiger partial charge in [0.15, 0.2) is 0 Å². The van der Waals surface area contributed by atoms with Gasteiger partial charge < -0.3 is 14.5 Å². The van der Waals surface area contributed by atoms with Gasteiger partial charge in [-0.2, -0.15) is 5.10 Å². The maximum atomic E-state index is 12.8. The van der Waals surface area contributed by atoms with Crippen LogP contribution in [0.15, 0.2) is 6.07 Å². The molecule has 0 aromatic carbocycles. The third kappa shape index (κ3) is 5.82. The van der Waals surface area contributed by atoms with E-state index in [0.717, 1.165) is 69.9 Å². The van der Waals surface area contributed by atoms with Gasteiger partial charge in [0, 0.05) is 71.1 Å². The van der Waals surface area contributed by atoms with Crippen molar-refractivity contribution < 1.29 is 14.3 Å². The fourth-order valence-electron chi connectivity index (χ4n) is 4.67. The molecule has 3 heterocycles. The lowest BCUT2D eigenvalue weighted by Gasteiger charge is -2.44. The van der Waals surface area contributed by atoms with E-state index in [9.17, 15) is 9.59 Å². The van der Waals surface area contributed by atoms with Gasteiger partial charge in [0.05, 0.1) is 5.69 Å². The lowest BCUT2D eigenvalue weighted by atomic mass is 9.98. The Labute approximate surface area is 180 Å². The topological polar surface area (TPSA) is 70.9 Å². The number of aryl methyl sites for hydroxylation is 2. The van der Waals surface area contributed by atoms with Gasteiger partial charge in [-0.1, -0.05) is 0 Å². The van der Waals surface area contributed by atoms with Crippen molar-refractivity contribution in [3.05, 3.63) is 17.5 Å². The standard InChI is InChI=1S/C22H37N5O3/c1-17-14-18(2)27(23-17)16-22(29)24(4)10-11-26(20-7-12-30-13-8-20)21-6-5-9-25(15-21)19(3)28/h14,20-21H,5-13,15-16H2,1-4H3. The van der Waals surface area contributed by atoms with Crippen molar-refractivity contribution >= 4 is 11.8 Å². The molecule has 1 aromatic heterocycles. The summed E-state index contributed by atoms with van der Waals surface area (Å²) in [6, 6.07) is 2.80. The molecule has 0 saturated carbocycles. The first-order valence-electron chi connectivity index (χ1n) is 11.2. The van der Waals surface area contributed by atoms with Crippen LogP contribution in [-0.2, 0) is 20.9 Å². The van der Waals surface area contributed by atoms with Gasteiger partial charge in [0.25, 0.3) is 0 Å². The molecule has 2 aliphatic heterocycles. The Morgan fingerprint density at radius 3 is 2.53 bits per heavy atom. The van der Waals surface area contributed by atoms with Crippen LogP contribution in [0.25, 0.3) is 0 Å². The molecule has 1 unspecified atom stereocenters. The summed E-state index contributed by atoms with van der Waals surface area (Å²) in [7, 11) is 1.87. The van der Waals surface area contributed by atoms with Gasteiger partial charge in [-0.3, -0.25) is 19.2 Å². The zero-order valence-electron chi connectivity index (χ0n) is 19.0. The Bertz CT molecular complexity index is 728. The Kier molecular flexibility index (Phi) is 7.88. The predicted molar refractivity (Wildman–Crippen MR) is 115 cm³/mol. The molecule has 168 valence electrons. The molecule has 2 saturated heterocycles. The van der Waals surface area contributed by atoms with E-state index >= 15 is 0 Å². The largest absolute Gasteiger partial charge is 0.381 e. The van der Waals surface area contributed by atoms with Crippen LogP contribution in [0.5, 0.6) is 0 Å². The average molecular weight is 420 g/mol. The van der Waals surface area contributed by atoms with Gasteiger partial charge in [-0.25, -0.2) is 0 Å². The molecular formula is C22H37N5O3. The highest BCUT2D eigenvalue weighted by atomic mass is 16.5. The van der Waals surface area contributed by atoms with Crippen molar-refractivity contribution in [3.63, 3.8) is 0 Å². The van der Waals surface area contributed by atoms with Crippen LogP contribution in [0.4, 0.5) is 0 Å². The van der Waals surface area contributed by atoms with Crippen molar-refractivity contribution in [2.24, 2.45) is 0 Å². The molecule has 3 rings (SSSR count). The zero-order chi connectivity index (χ0) is 21.7. The summed E-state index contributed by atoms with van der Waals surface area (Å²) >= 11 is 0. The number of aromatic nitrogens is 2. The highest BCUT2D eigenvalue weighted by Gasteiger charge is 2.32. The summed E-state index contributed by atoms with van der Waals surface area (Å²) in [5, 5.41) is 4.41. The lowest BCUT2D eigenvalue weighted by Crippen LogP contribution is -2.55. The van der Waals surface area contributed by atoms with E-state index in [4.69, 9.17) is 4.74 Å². The smallest absolute Gasteiger partial charge is 0.244 e. The van der Waals surface area contributed by atoms with Gasteiger partial charge in [0.1, 0.15) is 6.54 Å². The van der Waals surface area contributed by atoms with Crippen LogP contribution < -0.4 is 0 Å². The lowest BCUT2D eigenvalue weighted by molar-refractivity contribution is -0.131. The number of rotatable bonds is 7. The number of carbonyl (C=O) groups excluding carboxylic acids is 2. The predicted octanol–water partition coefficient (Wildman–Crippen LogP) is 1.45. The fourth-order valence-corrected chi connectivity index (χ4v) is 4.67. The normalized spacial score (nSPS) is 20.6. The minimum Gasteiger partial charge on any atom is -0.381 e. The van der Waals surface area contributed by atoms with E-state index in [1.54, 1.807) is 11.6 Å². The van der Waals surface area contributed by atoms with Crippen LogP contribution in [-0.4, -0.2) is 94.8 Å². The van der Waals surface area contributed by atoms with E-state index in [2.05, 4.69) is 10.00 Å². The molecule has 1 aromatic rings. The molecule has 0 bridgehead atoms.